The lowest BCUT2D eigenvalue weighted by atomic mass is 9.85. The SMILES string of the molecule is Cc1ccc2c(c1)C1=C([C@@H](c3cccc(Cl)c3)O2)[C@@H](c2cccnc2)n2ncnc2N1. The van der Waals surface area contributed by atoms with Crippen LogP contribution in [0.4, 0.5) is 5.95 Å². The van der Waals surface area contributed by atoms with Gasteiger partial charge in [0, 0.05) is 28.6 Å². The first kappa shape index (κ1) is 18.2. The van der Waals surface area contributed by atoms with E-state index in [0.717, 1.165) is 39.3 Å². The maximum absolute atomic E-state index is 6.60. The maximum Gasteiger partial charge on any atom is 0.226 e. The second-order valence-corrected chi connectivity index (χ2v) is 8.16. The fraction of sp³-hybridized carbons (Fsp3) is 0.125. The molecule has 7 heteroatoms. The van der Waals surface area contributed by atoms with E-state index in [1.807, 2.05) is 47.3 Å². The molecule has 152 valence electrons. The number of nitrogens with one attached hydrogen (secondary N) is 1. The van der Waals surface area contributed by atoms with Gasteiger partial charge < -0.3 is 10.1 Å². The van der Waals surface area contributed by atoms with Crippen LogP contribution in [0.1, 0.15) is 34.4 Å². The molecule has 0 amide bonds. The van der Waals surface area contributed by atoms with Gasteiger partial charge in [-0.2, -0.15) is 10.1 Å². The zero-order chi connectivity index (χ0) is 20.9. The van der Waals surface area contributed by atoms with Crippen LogP contribution >= 0.6 is 11.6 Å². The van der Waals surface area contributed by atoms with Crippen molar-refractivity contribution in [1.29, 1.82) is 0 Å². The Morgan fingerprint density at radius 3 is 2.81 bits per heavy atom. The fourth-order valence-corrected chi connectivity index (χ4v) is 4.59. The number of ether oxygens (including phenoxy) is 1. The molecule has 0 aliphatic carbocycles. The summed E-state index contributed by atoms with van der Waals surface area (Å²) < 4.78 is 8.49. The average Bonchev–Trinajstić information content (AvgIpc) is 3.26. The second-order valence-electron chi connectivity index (χ2n) is 7.72. The Labute approximate surface area is 184 Å². The number of fused-ring (bicyclic) bond motifs is 3. The molecule has 31 heavy (non-hydrogen) atoms. The highest BCUT2D eigenvalue weighted by Crippen LogP contribution is 2.50. The number of hydrogen-bond acceptors (Lipinski definition) is 5. The summed E-state index contributed by atoms with van der Waals surface area (Å²) in [4.78, 5) is 8.81. The van der Waals surface area contributed by atoms with Gasteiger partial charge in [0.15, 0.2) is 0 Å². The summed E-state index contributed by atoms with van der Waals surface area (Å²) >= 11 is 6.35. The third kappa shape index (κ3) is 2.91. The number of aryl methyl sites for hydroxylation is 1. The monoisotopic (exact) mass is 427 g/mol. The number of benzene rings is 2. The fourth-order valence-electron chi connectivity index (χ4n) is 4.39. The molecule has 2 aliphatic rings. The molecule has 2 aromatic carbocycles. The zero-order valence-electron chi connectivity index (χ0n) is 16.7. The number of halogens is 1. The molecule has 0 saturated heterocycles. The first-order chi connectivity index (χ1) is 15.2. The van der Waals surface area contributed by atoms with Gasteiger partial charge in [0.25, 0.3) is 0 Å². The smallest absolute Gasteiger partial charge is 0.226 e. The third-order valence-electron chi connectivity index (χ3n) is 5.72. The van der Waals surface area contributed by atoms with Crippen LogP contribution in [0, 0.1) is 6.92 Å². The highest BCUT2D eigenvalue weighted by molar-refractivity contribution is 6.30. The maximum atomic E-state index is 6.60. The number of nitrogens with zero attached hydrogens (tertiary/aromatic N) is 4. The normalized spacial score (nSPS) is 19.0. The number of anilines is 1. The van der Waals surface area contributed by atoms with Crippen LogP contribution in [0.3, 0.4) is 0 Å². The first-order valence-corrected chi connectivity index (χ1v) is 10.4. The molecule has 0 unspecified atom stereocenters. The summed E-state index contributed by atoms with van der Waals surface area (Å²) in [5.41, 5.74) is 6.19. The summed E-state index contributed by atoms with van der Waals surface area (Å²) in [6, 6.07) is 17.8. The molecule has 4 aromatic rings. The van der Waals surface area contributed by atoms with Crippen LogP contribution in [-0.4, -0.2) is 19.7 Å². The van der Waals surface area contributed by atoms with E-state index in [9.17, 15) is 0 Å². The van der Waals surface area contributed by atoms with E-state index in [4.69, 9.17) is 16.3 Å². The summed E-state index contributed by atoms with van der Waals surface area (Å²) in [5.74, 6) is 1.51. The van der Waals surface area contributed by atoms with Gasteiger partial charge in [-0.15, -0.1) is 0 Å². The van der Waals surface area contributed by atoms with Gasteiger partial charge >= 0.3 is 0 Å². The van der Waals surface area contributed by atoms with E-state index in [2.05, 4.69) is 45.5 Å². The molecule has 4 heterocycles. The molecule has 6 rings (SSSR count). The van der Waals surface area contributed by atoms with Gasteiger partial charge in [0.2, 0.25) is 5.95 Å². The van der Waals surface area contributed by atoms with Crippen LogP contribution in [0.25, 0.3) is 5.70 Å². The summed E-state index contributed by atoms with van der Waals surface area (Å²) in [5, 5.41) is 8.70. The lowest BCUT2D eigenvalue weighted by molar-refractivity contribution is 0.223. The van der Waals surface area contributed by atoms with Crippen molar-refractivity contribution < 1.29 is 4.74 Å². The largest absolute Gasteiger partial charge is 0.480 e. The molecule has 0 spiro atoms. The average molecular weight is 428 g/mol. The third-order valence-corrected chi connectivity index (χ3v) is 5.96. The van der Waals surface area contributed by atoms with E-state index >= 15 is 0 Å². The van der Waals surface area contributed by atoms with E-state index in [1.165, 1.54) is 0 Å². The number of rotatable bonds is 2. The van der Waals surface area contributed by atoms with Gasteiger partial charge in [0.1, 0.15) is 24.2 Å². The summed E-state index contributed by atoms with van der Waals surface area (Å²) in [7, 11) is 0. The van der Waals surface area contributed by atoms with Crippen molar-refractivity contribution in [2.24, 2.45) is 0 Å². The predicted molar refractivity (Wildman–Crippen MR) is 119 cm³/mol. The van der Waals surface area contributed by atoms with Crippen molar-refractivity contribution in [3.63, 3.8) is 0 Å². The van der Waals surface area contributed by atoms with Crippen molar-refractivity contribution >= 4 is 23.2 Å². The highest BCUT2D eigenvalue weighted by Gasteiger charge is 2.41. The molecule has 2 atom stereocenters. The van der Waals surface area contributed by atoms with Crippen molar-refractivity contribution in [1.82, 2.24) is 19.7 Å². The molecule has 2 aliphatic heterocycles. The van der Waals surface area contributed by atoms with Crippen molar-refractivity contribution in [2.45, 2.75) is 19.1 Å². The molecule has 0 fully saturated rings. The Kier molecular flexibility index (Phi) is 4.07. The lowest BCUT2D eigenvalue weighted by Gasteiger charge is -2.39. The summed E-state index contributed by atoms with van der Waals surface area (Å²) in [6.45, 7) is 2.08. The Morgan fingerprint density at radius 1 is 1.06 bits per heavy atom. The molecule has 0 saturated carbocycles. The highest BCUT2D eigenvalue weighted by atomic mass is 35.5. The van der Waals surface area contributed by atoms with Crippen molar-refractivity contribution in [3.8, 4) is 5.75 Å². The first-order valence-electron chi connectivity index (χ1n) is 10.0. The van der Waals surface area contributed by atoms with Crippen molar-refractivity contribution in [2.75, 3.05) is 5.32 Å². The molecular formula is C24H18ClN5O. The van der Waals surface area contributed by atoms with E-state index < -0.39 is 0 Å². The van der Waals surface area contributed by atoms with Crippen LogP contribution < -0.4 is 10.1 Å². The Hall–Kier alpha value is -3.64. The van der Waals surface area contributed by atoms with E-state index in [-0.39, 0.29) is 12.1 Å². The number of pyridine rings is 1. The molecule has 0 bridgehead atoms. The molecule has 2 aromatic heterocycles. The minimum Gasteiger partial charge on any atom is -0.480 e. The zero-order valence-corrected chi connectivity index (χ0v) is 17.4. The molecule has 1 N–H and O–H groups in total. The van der Waals surface area contributed by atoms with E-state index in [0.29, 0.717) is 11.0 Å². The summed E-state index contributed by atoms with van der Waals surface area (Å²) in [6.07, 6.45) is 4.86. The molecular weight excluding hydrogens is 410 g/mol. The topological polar surface area (TPSA) is 64.9 Å². The van der Waals surface area contributed by atoms with Gasteiger partial charge in [-0.3, -0.25) is 4.98 Å². The quantitative estimate of drug-likeness (QED) is 0.476. The van der Waals surface area contributed by atoms with Gasteiger partial charge in [0.05, 0.1) is 5.70 Å². The van der Waals surface area contributed by atoms with Gasteiger partial charge in [-0.1, -0.05) is 41.4 Å². The minimum atomic E-state index is -0.348. The van der Waals surface area contributed by atoms with Crippen LogP contribution in [0.5, 0.6) is 5.75 Å². The van der Waals surface area contributed by atoms with Gasteiger partial charge in [-0.25, -0.2) is 4.68 Å². The second kappa shape index (κ2) is 6.96. The Balaban J connectivity index is 1.65. The number of aromatic nitrogens is 4. The van der Waals surface area contributed by atoms with E-state index in [1.54, 1.807) is 12.5 Å². The molecule has 0 radical (unpaired) electrons. The Bertz CT molecular complexity index is 1330. The van der Waals surface area contributed by atoms with Crippen LogP contribution in [0.15, 0.2) is 78.9 Å². The number of hydrogen-bond donors (Lipinski definition) is 1. The molecule has 6 nitrogen and oxygen atoms in total. The van der Waals surface area contributed by atoms with Crippen LogP contribution in [-0.2, 0) is 0 Å². The standard InChI is InChI=1S/C24H18ClN5O/c1-14-7-8-19-18(10-14)21-20(23(31-19)15-4-2-6-17(25)11-15)22(16-5-3-9-26-12-16)30-24(29-21)27-13-28-30/h2-13,22-23H,1H3,(H,27,28,29)/t22-,23-/m1/s1. The minimum absolute atomic E-state index is 0.222. The lowest BCUT2D eigenvalue weighted by Crippen LogP contribution is -2.32. The van der Waals surface area contributed by atoms with Crippen LogP contribution in [0.2, 0.25) is 5.02 Å². The predicted octanol–water partition coefficient (Wildman–Crippen LogP) is 5.19. The van der Waals surface area contributed by atoms with Crippen molar-refractivity contribution in [3.05, 3.63) is 106 Å². The Morgan fingerprint density at radius 2 is 1.97 bits per heavy atom. The van der Waals surface area contributed by atoms with Gasteiger partial charge in [-0.05, 0) is 48.4 Å².